The van der Waals surface area contributed by atoms with Gasteiger partial charge in [-0.1, -0.05) is 19.4 Å². The van der Waals surface area contributed by atoms with E-state index >= 15 is 0 Å². The Morgan fingerprint density at radius 1 is 1.03 bits per heavy atom. The Balaban J connectivity index is 1.88. The van der Waals surface area contributed by atoms with E-state index < -0.39 is 11.7 Å². The molecule has 0 fully saturated rings. The van der Waals surface area contributed by atoms with E-state index in [0.717, 1.165) is 24.2 Å². The second-order valence-electron chi connectivity index (χ2n) is 7.12. The van der Waals surface area contributed by atoms with Crippen molar-refractivity contribution in [3.8, 4) is 11.4 Å². The zero-order chi connectivity index (χ0) is 22.2. The monoisotopic (exact) mass is 429 g/mol. The van der Waals surface area contributed by atoms with Crippen LogP contribution in [0.3, 0.4) is 0 Å². The highest BCUT2D eigenvalue weighted by molar-refractivity contribution is 5.91. The summed E-state index contributed by atoms with van der Waals surface area (Å²) >= 11 is 0. The molecule has 0 amide bonds. The first kappa shape index (κ1) is 20.8. The summed E-state index contributed by atoms with van der Waals surface area (Å²) in [5.74, 6) is 0.258. The van der Waals surface area contributed by atoms with E-state index in [0.29, 0.717) is 34.7 Å². The van der Waals surface area contributed by atoms with Gasteiger partial charge in [0.25, 0.3) is 0 Å². The van der Waals surface area contributed by atoms with Gasteiger partial charge in [-0.05, 0) is 48.9 Å². The lowest BCUT2D eigenvalue weighted by Crippen LogP contribution is -2.06. The molecule has 1 N–H and O–H groups in total. The molecule has 0 saturated heterocycles. The Labute approximate surface area is 175 Å². The smallest absolute Gasteiger partial charge is 0.338 e. The van der Waals surface area contributed by atoms with Crippen molar-refractivity contribution in [2.45, 2.75) is 25.9 Å². The van der Waals surface area contributed by atoms with Crippen molar-refractivity contribution in [2.75, 3.05) is 5.32 Å². The number of halogens is 4. The maximum atomic E-state index is 13.4. The Hall–Kier alpha value is -3.49. The number of hydrogen-bond donors (Lipinski definition) is 1. The quantitative estimate of drug-likeness (QED) is 0.402. The van der Waals surface area contributed by atoms with E-state index in [1.165, 1.54) is 24.3 Å². The largest absolute Gasteiger partial charge is 0.416 e. The van der Waals surface area contributed by atoms with Gasteiger partial charge in [0.05, 0.1) is 11.3 Å². The predicted molar refractivity (Wildman–Crippen MR) is 110 cm³/mol. The van der Waals surface area contributed by atoms with Crippen LogP contribution in [-0.4, -0.2) is 19.7 Å². The van der Waals surface area contributed by atoms with Gasteiger partial charge in [0.1, 0.15) is 16.9 Å². The van der Waals surface area contributed by atoms with E-state index in [9.17, 15) is 17.6 Å². The highest BCUT2D eigenvalue weighted by Crippen LogP contribution is 2.33. The number of aromatic nitrogens is 4. The number of aryl methyl sites for hydroxylation is 2. The Kier molecular flexibility index (Phi) is 5.34. The normalized spacial score (nSPS) is 11.8. The van der Waals surface area contributed by atoms with Crippen molar-refractivity contribution < 1.29 is 17.6 Å². The zero-order valence-corrected chi connectivity index (χ0v) is 16.8. The Bertz CT molecular complexity index is 1230. The van der Waals surface area contributed by atoms with Crippen molar-refractivity contribution >= 4 is 22.5 Å². The fraction of sp³-hybridized carbons (Fsp3) is 0.227. The maximum Gasteiger partial charge on any atom is 0.416 e. The van der Waals surface area contributed by atoms with Gasteiger partial charge in [-0.3, -0.25) is 4.68 Å². The van der Waals surface area contributed by atoms with E-state index in [-0.39, 0.29) is 11.5 Å². The lowest BCUT2D eigenvalue weighted by Gasteiger charge is -2.12. The van der Waals surface area contributed by atoms with Crippen LogP contribution >= 0.6 is 0 Å². The van der Waals surface area contributed by atoms with Crippen LogP contribution in [0, 0.1) is 5.82 Å². The summed E-state index contributed by atoms with van der Waals surface area (Å²) in [6, 6.07) is 10.6. The summed E-state index contributed by atoms with van der Waals surface area (Å²) in [6.45, 7) is 2.02. The molecule has 0 bridgehead atoms. The van der Waals surface area contributed by atoms with Gasteiger partial charge < -0.3 is 5.32 Å². The van der Waals surface area contributed by atoms with Gasteiger partial charge >= 0.3 is 6.18 Å². The first-order chi connectivity index (χ1) is 14.8. The third kappa shape index (κ3) is 4.21. The van der Waals surface area contributed by atoms with Crippen LogP contribution in [-0.2, 0) is 19.6 Å². The topological polar surface area (TPSA) is 55.6 Å². The molecule has 0 saturated carbocycles. The molecule has 0 aliphatic carbocycles. The molecule has 0 aliphatic heterocycles. The summed E-state index contributed by atoms with van der Waals surface area (Å²) in [6.07, 6.45) is -2.93. The predicted octanol–water partition coefficient (Wildman–Crippen LogP) is 5.88. The molecule has 0 unspecified atom stereocenters. The average Bonchev–Trinajstić information content (AvgIpc) is 3.04. The van der Waals surface area contributed by atoms with Crippen molar-refractivity contribution in [2.24, 2.45) is 7.05 Å². The van der Waals surface area contributed by atoms with Crippen LogP contribution in [0.2, 0.25) is 0 Å². The van der Waals surface area contributed by atoms with Crippen molar-refractivity contribution in [3.05, 3.63) is 65.6 Å². The molecule has 4 rings (SSSR count). The molecule has 160 valence electrons. The number of hydrogen-bond acceptors (Lipinski definition) is 4. The van der Waals surface area contributed by atoms with Crippen LogP contribution < -0.4 is 5.32 Å². The van der Waals surface area contributed by atoms with E-state index in [2.05, 4.69) is 20.4 Å². The second-order valence-corrected chi connectivity index (χ2v) is 7.12. The number of nitrogens with one attached hydrogen (secondary N) is 1. The molecule has 2 aromatic heterocycles. The van der Waals surface area contributed by atoms with Crippen LogP contribution in [0.15, 0.2) is 48.5 Å². The lowest BCUT2D eigenvalue weighted by molar-refractivity contribution is -0.137. The molecular formula is C22H19F4N5. The number of nitrogens with zero attached hydrogens (tertiary/aromatic N) is 4. The number of fused-ring (bicyclic) bond motifs is 1. The third-order valence-electron chi connectivity index (χ3n) is 4.79. The zero-order valence-electron chi connectivity index (χ0n) is 16.8. The highest BCUT2D eigenvalue weighted by Gasteiger charge is 2.30. The minimum absolute atomic E-state index is 0.234. The fourth-order valence-corrected chi connectivity index (χ4v) is 3.37. The molecule has 5 nitrogen and oxygen atoms in total. The third-order valence-corrected chi connectivity index (χ3v) is 4.79. The molecular weight excluding hydrogens is 410 g/mol. The lowest BCUT2D eigenvalue weighted by atomic mass is 10.1. The molecule has 0 radical (unpaired) electrons. The molecule has 0 atom stereocenters. The van der Waals surface area contributed by atoms with Crippen molar-refractivity contribution in [1.82, 2.24) is 19.7 Å². The molecule has 31 heavy (non-hydrogen) atoms. The summed E-state index contributed by atoms with van der Waals surface area (Å²) < 4.78 is 54.4. The van der Waals surface area contributed by atoms with Gasteiger partial charge in [-0.15, -0.1) is 0 Å². The van der Waals surface area contributed by atoms with Gasteiger partial charge in [0.15, 0.2) is 11.6 Å². The minimum atomic E-state index is -4.46. The standard InChI is InChI=1S/C22H19F4N5/c1-3-5-17-18-19(31(2)30-17)21(27-16-7-4-6-14(12-16)22(24,25)26)29-20(28-18)13-8-10-15(23)11-9-13/h4,6-12H,3,5H2,1-2H3,(H,27,28,29). The molecule has 0 spiro atoms. The maximum absolute atomic E-state index is 13.4. The van der Waals surface area contributed by atoms with Crippen LogP contribution in [0.1, 0.15) is 24.6 Å². The van der Waals surface area contributed by atoms with E-state index in [1.807, 2.05) is 6.92 Å². The van der Waals surface area contributed by atoms with Gasteiger partial charge in [-0.25, -0.2) is 14.4 Å². The highest BCUT2D eigenvalue weighted by atomic mass is 19.4. The second kappa shape index (κ2) is 7.98. The average molecular weight is 429 g/mol. The summed E-state index contributed by atoms with van der Waals surface area (Å²) in [5, 5.41) is 7.51. The van der Waals surface area contributed by atoms with E-state index in [1.54, 1.807) is 23.9 Å². The van der Waals surface area contributed by atoms with Crippen molar-refractivity contribution in [1.29, 1.82) is 0 Å². The number of rotatable bonds is 5. The Morgan fingerprint density at radius 3 is 2.45 bits per heavy atom. The molecule has 4 aromatic rings. The first-order valence-electron chi connectivity index (χ1n) is 9.70. The molecule has 9 heteroatoms. The van der Waals surface area contributed by atoms with Crippen LogP contribution in [0.5, 0.6) is 0 Å². The van der Waals surface area contributed by atoms with Crippen LogP contribution in [0.4, 0.5) is 29.1 Å². The van der Waals surface area contributed by atoms with Crippen LogP contribution in [0.25, 0.3) is 22.4 Å². The first-order valence-corrected chi connectivity index (χ1v) is 9.70. The number of benzene rings is 2. The molecule has 2 heterocycles. The number of alkyl halides is 3. The summed E-state index contributed by atoms with van der Waals surface area (Å²) in [5.41, 5.74) is 2.00. The minimum Gasteiger partial charge on any atom is -0.338 e. The van der Waals surface area contributed by atoms with Crippen molar-refractivity contribution in [3.63, 3.8) is 0 Å². The number of anilines is 2. The fourth-order valence-electron chi connectivity index (χ4n) is 3.37. The van der Waals surface area contributed by atoms with Gasteiger partial charge in [0.2, 0.25) is 0 Å². The summed E-state index contributed by atoms with van der Waals surface area (Å²) in [7, 11) is 1.74. The molecule has 0 aliphatic rings. The SMILES string of the molecule is CCCc1nn(C)c2c(Nc3cccc(C(F)(F)F)c3)nc(-c3ccc(F)cc3)nc12. The molecule has 2 aromatic carbocycles. The van der Waals surface area contributed by atoms with Gasteiger partial charge in [-0.2, -0.15) is 18.3 Å². The van der Waals surface area contributed by atoms with E-state index in [4.69, 9.17) is 0 Å². The Morgan fingerprint density at radius 2 is 1.77 bits per heavy atom. The summed E-state index contributed by atoms with van der Waals surface area (Å²) in [4.78, 5) is 9.17. The van der Waals surface area contributed by atoms with Gasteiger partial charge in [0, 0.05) is 18.3 Å².